The molecule has 3 rings (SSSR count). The lowest BCUT2D eigenvalue weighted by molar-refractivity contribution is 0.0613. The van der Waals surface area contributed by atoms with E-state index in [2.05, 4.69) is 11.5 Å². The van der Waals surface area contributed by atoms with Crippen LogP contribution in [0.4, 0.5) is 0 Å². The summed E-state index contributed by atoms with van der Waals surface area (Å²) in [5.41, 5.74) is 0.690. The molecule has 0 unspecified atom stereocenters. The number of carbonyl (C=O) groups is 1. The van der Waals surface area contributed by atoms with Crippen molar-refractivity contribution in [2.45, 2.75) is 57.0 Å². The summed E-state index contributed by atoms with van der Waals surface area (Å²) >= 11 is 0. The minimum Gasteiger partial charge on any atom is -0.493 e. The Bertz CT molecular complexity index is 589. The zero-order chi connectivity index (χ0) is 16.9. The van der Waals surface area contributed by atoms with E-state index in [1.807, 2.05) is 12.1 Å². The lowest BCUT2D eigenvalue weighted by Crippen LogP contribution is -2.43. The number of rotatable bonds is 7. The van der Waals surface area contributed by atoms with Crippen LogP contribution in [-0.4, -0.2) is 36.6 Å². The predicted octanol–water partition coefficient (Wildman–Crippen LogP) is 4.20. The van der Waals surface area contributed by atoms with Crippen molar-refractivity contribution < 1.29 is 14.3 Å². The molecule has 0 radical (unpaired) electrons. The van der Waals surface area contributed by atoms with E-state index in [1.165, 1.54) is 19.3 Å². The maximum atomic E-state index is 13.1. The first-order valence-electron chi connectivity index (χ1n) is 8.99. The SMILES string of the molecule is C=CCOc1ccc(C(=O)N(C2CCCCC2)C2CC2)cc1OC. The molecular weight excluding hydrogens is 302 g/mol. The highest BCUT2D eigenvalue weighted by Crippen LogP contribution is 2.36. The molecule has 0 spiro atoms. The Morgan fingerprint density at radius 2 is 1.88 bits per heavy atom. The summed E-state index contributed by atoms with van der Waals surface area (Å²) in [6.07, 6.45) is 10.0. The number of hydrogen-bond acceptors (Lipinski definition) is 3. The molecule has 1 amide bonds. The van der Waals surface area contributed by atoms with E-state index >= 15 is 0 Å². The Balaban J connectivity index is 1.80. The van der Waals surface area contributed by atoms with Crippen molar-refractivity contribution in [3.8, 4) is 11.5 Å². The van der Waals surface area contributed by atoms with Gasteiger partial charge < -0.3 is 14.4 Å². The van der Waals surface area contributed by atoms with E-state index in [1.54, 1.807) is 19.3 Å². The molecular formula is C20H27NO3. The van der Waals surface area contributed by atoms with Crippen molar-refractivity contribution >= 4 is 5.91 Å². The van der Waals surface area contributed by atoms with Gasteiger partial charge in [-0.15, -0.1) is 0 Å². The number of methoxy groups -OCH3 is 1. The highest BCUT2D eigenvalue weighted by molar-refractivity contribution is 5.95. The average Bonchev–Trinajstić information content (AvgIpc) is 3.45. The maximum Gasteiger partial charge on any atom is 0.254 e. The standard InChI is InChI=1S/C20H27NO3/c1-3-13-24-18-12-9-15(14-19(18)23-2)20(22)21(17-10-11-17)16-7-5-4-6-8-16/h3,9,12,14,16-17H,1,4-8,10-11,13H2,2H3. The van der Waals surface area contributed by atoms with Crippen molar-refractivity contribution in [2.24, 2.45) is 0 Å². The number of carbonyl (C=O) groups excluding carboxylic acids is 1. The fourth-order valence-electron chi connectivity index (χ4n) is 3.56. The summed E-state index contributed by atoms with van der Waals surface area (Å²) in [7, 11) is 1.60. The van der Waals surface area contributed by atoms with Gasteiger partial charge in [-0.05, 0) is 43.9 Å². The highest BCUT2D eigenvalue weighted by atomic mass is 16.5. The third kappa shape index (κ3) is 3.74. The smallest absolute Gasteiger partial charge is 0.254 e. The van der Waals surface area contributed by atoms with Crippen LogP contribution in [-0.2, 0) is 0 Å². The molecule has 2 saturated carbocycles. The summed E-state index contributed by atoms with van der Waals surface area (Å²) in [6.45, 7) is 4.07. The van der Waals surface area contributed by atoms with Crippen LogP contribution in [0.2, 0.25) is 0 Å². The van der Waals surface area contributed by atoms with Crippen molar-refractivity contribution in [2.75, 3.05) is 13.7 Å². The third-order valence-corrected chi connectivity index (χ3v) is 4.91. The van der Waals surface area contributed by atoms with Gasteiger partial charge in [0.1, 0.15) is 6.61 Å². The molecule has 0 bridgehead atoms. The van der Waals surface area contributed by atoms with E-state index in [0.717, 1.165) is 25.7 Å². The second-order valence-electron chi connectivity index (χ2n) is 6.70. The van der Waals surface area contributed by atoms with E-state index in [9.17, 15) is 4.79 Å². The lowest BCUT2D eigenvalue weighted by atomic mass is 9.93. The van der Waals surface area contributed by atoms with Crippen LogP contribution in [0.25, 0.3) is 0 Å². The summed E-state index contributed by atoms with van der Waals surface area (Å²) in [5.74, 6) is 1.38. The topological polar surface area (TPSA) is 38.8 Å². The fourth-order valence-corrected chi connectivity index (χ4v) is 3.56. The number of ether oxygens (including phenoxy) is 2. The Morgan fingerprint density at radius 1 is 1.17 bits per heavy atom. The summed E-state index contributed by atoms with van der Waals surface area (Å²) < 4.78 is 11.0. The minimum atomic E-state index is 0.137. The minimum absolute atomic E-state index is 0.137. The van der Waals surface area contributed by atoms with Crippen LogP contribution in [0.1, 0.15) is 55.3 Å². The van der Waals surface area contributed by atoms with Crippen molar-refractivity contribution in [1.29, 1.82) is 0 Å². The first-order chi connectivity index (χ1) is 11.7. The van der Waals surface area contributed by atoms with E-state index in [-0.39, 0.29) is 5.91 Å². The monoisotopic (exact) mass is 329 g/mol. The molecule has 0 aromatic heterocycles. The second kappa shape index (κ2) is 7.73. The van der Waals surface area contributed by atoms with Crippen molar-refractivity contribution in [3.05, 3.63) is 36.4 Å². The van der Waals surface area contributed by atoms with Gasteiger partial charge >= 0.3 is 0 Å². The molecule has 130 valence electrons. The van der Waals surface area contributed by atoms with E-state index in [4.69, 9.17) is 9.47 Å². The second-order valence-corrected chi connectivity index (χ2v) is 6.70. The molecule has 24 heavy (non-hydrogen) atoms. The number of hydrogen-bond donors (Lipinski definition) is 0. The maximum absolute atomic E-state index is 13.1. The third-order valence-electron chi connectivity index (χ3n) is 4.91. The van der Waals surface area contributed by atoms with Gasteiger partial charge in [-0.1, -0.05) is 31.9 Å². The molecule has 0 atom stereocenters. The molecule has 4 heteroatoms. The Hall–Kier alpha value is -1.97. The largest absolute Gasteiger partial charge is 0.493 e. The Morgan fingerprint density at radius 3 is 2.50 bits per heavy atom. The first-order valence-corrected chi connectivity index (χ1v) is 8.99. The van der Waals surface area contributed by atoms with Crippen LogP contribution in [0.5, 0.6) is 11.5 Å². The number of nitrogens with zero attached hydrogens (tertiary/aromatic N) is 1. The molecule has 2 aliphatic carbocycles. The van der Waals surface area contributed by atoms with E-state index < -0.39 is 0 Å². The van der Waals surface area contributed by atoms with Crippen LogP contribution < -0.4 is 9.47 Å². The summed E-state index contributed by atoms with van der Waals surface area (Å²) in [4.78, 5) is 15.3. The molecule has 1 aromatic carbocycles. The lowest BCUT2D eigenvalue weighted by Gasteiger charge is -2.34. The van der Waals surface area contributed by atoms with Gasteiger partial charge in [0, 0.05) is 17.6 Å². The quantitative estimate of drug-likeness (QED) is 0.704. The fraction of sp³-hybridized carbons (Fsp3) is 0.550. The van der Waals surface area contributed by atoms with Gasteiger partial charge in [0.05, 0.1) is 7.11 Å². The van der Waals surface area contributed by atoms with Crippen LogP contribution >= 0.6 is 0 Å². The van der Waals surface area contributed by atoms with Crippen molar-refractivity contribution in [1.82, 2.24) is 4.90 Å². The van der Waals surface area contributed by atoms with Gasteiger partial charge in [-0.25, -0.2) is 0 Å². The van der Waals surface area contributed by atoms with Gasteiger partial charge in [0.25, 0.3) is 5.91 Å². The Kier molecular flexibility index (Phi) is 5.44. The zero-order valence-corrected chi connectivity index (χ0v) is 14.5. The molecule has 0 saturated heterocycles. The Labute approximate surface area is 144 Å². The van der Waals surface area contributed by atoms with Crippen LogP contribution in [0.3, 0.4) is 0 Å². The van der Waals surface area contributed by atoms with Gasteiger partial charge in [0.15, 0.2) is 11.5 Å². The average molecular weight is 329 g/mol. The van der Waals surface area contributed by atoms with Crippen LogP contribution in [0.15, 0.2) is 30.9 Å². The summed E-state index contributed by atoms with van der Waals surface area (Å²) in [6, 6.07) is 6.31. The van der Waals surface area contributed by atoms with Crippen molar-refractivity contribution in [3.63, 3.8) is 0 Å². The van der Waals surface area contributed by atoms with Crippen LogP contribution in [0, 0.1) is 0 Å². The van der Waals surface area contributed by atoms with Gasteiger partial charge in [0.2, 0.25) is 0 Å². The first kappa shape index (κ1) is 16.9. The molecule has 0 aliphatic heterocycles. The predicted molar refractivity (Wildman–Crippen MR) is 94.8 cm³/mol. The normalized spacial score (nSPS) is 18.0. The molecule has 0 heterocycles. The molecule has 0 N–H and O–H groups in total. The zero-order valence-electron chi connectivity index (χ0n) is 14.5. The highest BCUT2D eigenvalue weighted by Gasteiger charge is 2.38. The van der Waals surface area contributed by atoms with E-state index in [0.29, 0.717) is 35.8 Å². The molecule has 2 fully saturated rings. The number of benzene rings is 1. The molecule has 4 nitrogen and oxygen atoms in total. The molecule has 1 aromatic rings. The summed E-state index contributed by atoms with van der Waals surface area (Å²) in [5, 5.41) is 0. The molecule has 2 aliphatic rings. The van der Waals surface area contributed by atoms with Gasteiger partial charge in [-0.3, -0.25) is 4.79 Å². The number of amides is 1. The van der Waals surface area contributed by atoms with Gasteiger partial charge in [-0.2, -0.15) is 0 Å².